The number of hydrogen-bond donors (Lipinski definition) is 0. The van der Waals surface area contributed by atoms with Gasteiger partial charge in [0.05, 0.1) is 10.8 Å². The van der Waals surface area contributed by atoms with Gasteiger partial charge in [-0.05, 0) is 156 Å². The summed E-state index contributed by atoms with van der Waals surface area (Å²) in [4.78, 5) is 24.8. The Morgan fingerprint density at radius 2 is 1.10 bits per heavy atom. The molecule has 6 aliphatic rings. The molecule has 0 saturated heterocycles. The van der Waals surface area contributed by atoms with Crippen LogP contribution in [0.3, 0.4) is 0 Å². The summed E-state index contributed by atoms with van der Waals surface area (Å²) in [5.74, 6) is 4.92. The van der Waals surface area contributed by atoms with Crippen molar-refractivity contribution in [3.63, 3.8) is 0 Å². The van der Waals surface area contributed by atoms with Crippen LogP contribution in [0.4, 0.5) is 0 Å². The minimum atomic E-state index is -0.362. The topological polar surface area (TPSA) is 52.6 Å². The lowest BCUT2D eigenvalue weighted by Gasteiger charge is -2.61. The third-order valence-electron chi connectivity index (χ3n) is 12.5. The van der Waals surface area contributed by atoms with E-state index in [0.717, 1.165) is 42.4 Å². The molecule has 3 unspecified atom stereocenters. The first-order valence-electron chi connectivity index (χ1n) is 16.4. The van der Waals surface area contributed by atoms with Crippen LogP contribution in [0.2, 0.25) is 0 Å². The van der Waals surface area contributed by atoms with Crippen LogP contribution in [0.15, 0.2) is 0 Å². The van der Waals surface area contributed by atoms with Crippen molar-refractivity contribution in [1.82, 2.24) is 0 Å². The SMILES string of the molecule is CCC(C)(C)C(=O)OC(C)(C)C12CC3CC(CC(C3)C1)C2.CCC(C)(C)C(=O)OC(C)(C)C1CC2CCC1C2. The zero-order valence-corrected chi connectivity index (χ0v) is 27.1. The number of rotatable bonds is 8. The predicted octanol–water partition coefficient (Wildman–Crippen LogP) is 9.14. The monoisotopic (exact) mass is 544 g/mol. The maximum absolute atomic E-state index is 12.6. The van der Waals surface area contributed by atoms with Gasteiger partial charge in [-0.2, -0.15) is 0 Å². The second-order valence-corrected chi connectivity index (χ2v) is 16.8. The van der Waals surface area contributed by atoms with Gasteiger partial charge in [-0.1, -0.05) is 20.3 Å². The normalized spacial score (nSPS) is 35.4. The maximum atomic E-state index is 12.6. The van der Waals surface area contributed by atoms with Crippen LogP contribution in [0.5, 0.6) is 0 Å². The molecule has 6 saturated carbocycles. The van der Waals surface area contributed by atoms with E-state index in [1.165, 1.54) is 64.2 Å². The molecule has 0 N–H and O–H groups in total. The minimum Gasteiger partial charge on any atom is -0.459 e. The maximum Gasteiger partial charge on any atom is 0.312 e. The minimum absolute atomic E-state index is 0.00857. The van der Waals surface area contributed by atoms with Crippen molar-refractivity contribution in [2.24, 2.45) is 51.8 Å². The molecule has 6 fully saturated rings. The average Bonchev–Trinajstić information content (AvgIpc) is 3.47. The van der Waals surface area contributed by atoms with Gasteiger partial charge >= 0.3 is 11.9 Å². The molecule has 6 bridgehead atoms. The molecule has 0 aromatic rings. The Hall–Kier alpha value is -1.06. The van der Waals surface area contributed by atoms with Crippen molar-refractivity contribution < 1.29 is 19.1 Å². The fraction of sp³-hybridized carbons (Fsp3) is 0.943. The summed E-state index contributed by atoms with van der Waals surface area (Å²) in [6, 6.07) is 0. The van der Waals surface area contributed by atoms with Crippen molar-refractivity contribution in [2.45, 2.75) is 157 Å². The zero-order valence-electron chi connectivity index (χ0n) is 27.1. The second kappa shape index (κ2) is 10.6. The molecule has 0 aromatic carbocycles. The number of ether oxygens (including phenoxy) is 2. The molecule has 6 aliphatic carbocycles. The first-order chi connectivity index (χ1) is 17.9. The molecular weight excluding hydrogens is 484 g/mol. The van der Waals surface area contributed by atoms with Gasteiger partial charge in [0.1, 0.15) is 11.2 Å². The Balaban J connectivity index is 0.000000183. The van der Waals surface area contributed by atoms with Gasteiger partial charge in [0.2, 0.25) is 0 Å². The van der Waals surface area contributed by atoms with Crippen molar-refractivity contribution in [3.05, 3.63) is 0 Å². The fourth-order valence-electron chi connectivity index (χ4n) is 9.16. The van der Waals surface area contributed by atoms with Crippen LogP contribution < -0.4 is 0 Å². The van der Waals surface area contributed by atoms with Crippen LogP contribution in [0.1, 0.15) is 146 Å². The lowest BCUT2D eigenvalue weighted by molar-refractivity contribution is -0.206. The Bertz CT molecular complexity index is 874. The largest absolute Gasteiger partial charge is 0.459 e. The Kier molecular flexibility index (Phi) is 8.43. The van der Waals surface area contributed by atoms with Crippen LogP contribution >= 0.6 is 0 Å². The van der Waals surface area contributed by atoms with Crippen molar-refractivity contribution in [1.29, 1.82) is 0 Å². The van der Waals surface area contributed by atoms with Crippen LogP contribution in [-0.2, 0) is 19.1 Å². The van der Waals surface area contributed by atoms with Gasteiger partial charge in [-0.25, -0.2) is 0 Å². The lowest BCUT2D eigenvalue weighted by Crippen LogP contribution is -2.58. The molecule has 4 nitrogen and oxygen atoms in total. The Morgan fingerprint density at radius 1 is 0.641 bits per heavy atom. The summed E-state index contributed by atoms with van der Waals surface area (Å²) in [5, 5.41) is 0. The van der Waals surface area contributed by atoms with Gasteiger partial charge in [-0.3, -0.25) is 9.59 Å². The highest BCUT2D eigenvalue weighted by Gasteiger charge is 2.59. The van der Waals surface area contributed by atoms with Gasteiger partial charge in [0, 0.05) is 11.3 Å². The van der Waals surface area contributed by atoms with Crippen LogP contribution in [-0.4, -0.2) is 23.1 Å². The first-order valence-corrected chi connectivity index (χ1v) is 16.4. The molecule has 0 heterocycles. The fourth-order valence-corrected chi connectivity index (χ4v) is 9.16. The van der Waals surface area contributed by atoms with E-state index >= 15 is 0 Å². The van der Waals surface area contributed by atoms with E-state index < -0.39 is 0 Å². The summed E-state index contributed by atoms with van der Waals surface area (Å²) in [5.41, 5.74) is -1.06. The quantitative estimate of drug-likeness (QED) is 0.286. The lowest BCUT2D eigenvalue weighted by atomic mass is 9.46. The molecular formula is C35H60O4. The number of carbonyl (C=O) groups excluding carboxylic acids is 2. The van der Waals surface area contributed by atoms with Gasteiger partial charge in [0.15, 0.2) is 0 Å². The summed E-state index contributed by atoms with van der Waals surface area (Å²) >= 11 is 0. The summed E-state index contributed by atoms with van der Waals surface area (Å²) in [7, 11) is 0. The van der Waals surface area contributed by atoms with E-state index in [2.05, 4.69) is 34.6 Å². The molecule has 4 heteroatoms. The molecule has 0 radical (unpaired) electrons. The van der Waals surface area contributed by atoms with E-state index in [4.69, 9.17) is 9.47 Å². The van der Waals surface area contributed by atoms with Crippen LogP contribution in [0, 0.1) is 51.8 Å². The van der Waals surface area contributed by atoms with Crippen molar-refractivity contribution >= 4 is 11.9 Å². The first kappa shape index (κ1) is 30.9. The highest BCUT2D eigenvalue weighted by molar-refractivity contribution is 5.76. The third kappa shape index (κ3) is 6.11. The number of hydrogen-bond acceptors (Lipinski definition) is 4. The smallest absolute Gasteiger partial charge is 0.312 e. The summed E-state index contributed by atoms with van der Waals surface area (Å²) < 4.78 is 12.0. The number of fused-ring (bicyclic) bond motifs is 2. The van der Waals surface area contributed by atoms with E-state index in [0.29, 0.717) is 5.92 Å². The van der Waals surface area contributed by atoms with Crippen molar-refractivity contribution in [3.8, 4) is 0 Å². The Labute approximate surface area is 240 Å². The molecule has 39 heavy (non-hydrogen) atoms. The molecule has 224 valence electrons. The molecule has 0 amide bonds. The molecule has 3 atom stereocenters. The van der Waals surface area contributed by atoms with E-state index in [9.17, 15) is 9.59 Å². The highest BCUT2D eigenvalue weighted by Crippen LogP contribution is 2.64. The molecule has 0 aliphatic heterocycles. The molecule has 0 spiro atoms. The zero-order chi connectivity index (χ0) is 29.0. The molecule has 0 aromatic heterocycles. The van der Waals surface area contributed by atoms with E-state index in [-0.39, 0.29) is 39.4 Å². The standard InChI is InChI=1S/C19H32O2.C16H28O2/c1-6-17(2,3)16(20)21-18(4,5)19-10-13-7-14(11-19)9-15(8-13)12-19;1-6-15(2,3)14(17)18-16(4,5)13-10-11-7-8-12(13)9-11/h13-15H,6-12H2,1-5H3;11-13H,6-10H2,1-5H3. The number of carbonyl (C=O) groups is 2. The van der Waals surface area contributed by atoms with Crippen molar-refractivity contribution in [2.75, 3.05) is 0 Å². The van der Waals surface area contributed by atoms with Crippen LogP contribution in [0.25, 0.3) is 0 Å². The highest BCUT2D eigenvalue weighted by atomic mass is 16.6. The summed E-state index contributed by atoms with van der Waals surface area (Å²) in [6.07, 6.45) is 15.2. The Morgan fingerprint density at radius 3 is 1.49 bits per heavy atom. The third-order valence-corrected chi connectivity index (χ3v) is 12.5. The number of esters is 2. The van der Waals surface area contributed by atoms with Gasteiger partial charge in [-0.15, -0.1) is 0 Å². The molecule has 6 rings (SSSR count). The summed E-state index contributed by atoms with van der Waals surface area (Å²) in [6.45, 7) is 20.7. The second-order valence-electron chi connectivity index (χ2n) is 16.8. The van der Waals surface area contributed by atoms with Gasteiger partial charge < -0.3 is 9.47 Å². The van der Waals surface area contributed by atoms with E-state index in [1.807, 2.05) is 34.6 Å². The van der Waals surface area contributed by atoms with E-state index in [1.54, 1.807) is 0 Å². The van der Waals surface area contributed by atoms with Gasteiger partial charge in [0.25, 0.3) is 0 Å². The predicted molar refractivity (Wildman–Crippen MR) is 158 cm³/mol. The average molecular weight is 545 g/mol.